The molecule has 0 aliphatic heterocycles. The number of hydrogen-bond acceptors (Lipinski definition) is 4. The van der Waals surface area contributed by atoms with Crippen LogP contribution in [0.1, 0.15) is 29.3 Å². The summed E-state index contributed by atoms with van der Waals surface area (Å²) in [5.41, 5.74) is -1.26. The van der Waals surface area contributed by atoms with Gasteiger partial charge in [0.25, 0.3) is 11.8 Å². The van der Waals surface area contributed by atoms with Gasteiger partial charge in [0.05, 0.1) is 10.3 Å². The van der Waals surface area contributed by atoms with Gasteiger partial charge in [-0.1, -0.05) is 48.9 Å². The maximum atomic E-state index is 14.6. The molecule has 1 unspecified atom stereocenters. The first-order valence-electron chi connectivity index (χ1n) is 13.2. The maximum absolute atomic E-state index is 14.6. The third-order valence-corrected chi connectivity index (χ3v) is 7.90. The molecule has 0 saturated heterocycles. The van der Waals surface area contributed by atoms with Crippen molar-refractivity contribution in [1.82, 2.24) is 5.32 Å². The van der Waals surface area contributed by atoms with Gasteiger partial charge in [0.15, 0.2) is 23.3 Å². The lowest BCUT2D eigenvalue weighted by Gasteiger charge is -2.17. The molecule has 0 radical (unpaired) electrons. The molecule has 4 aromatic carbocycles. The summed E-state index contributed by atoms with van der Waals surface area (Å²) in [5, 5.41) is 6.02. The lowest BCUT2D eigenvalue weighted by Crippen LogP contribution is -2.30. The van der Waals surface area contributed by atoms with Gasteiger partial charge >= 0.3 is 0 Å². The number of anilines is 2. The quantitative estimate of drug-likeness (QED) is 0.0698. The second-order valence-electron chi connectivity index (χ2n) is 9.34. The van der Waals surface area contributed by atoms with Crippen LogP contribution in [0.3, 0.4) is 0 Å². The van der Waals surface area contributed by atoms with E-state index >= 15 is 0 Å². The van der Waals surface area contributed by atoms with E-state index in [9.17, 15) is 36.3 Å². The van der Waals surface area contributed by atoms with Gasteiger partial charge in [-0.05, 0) is 55.0 Å². The predicted molar refractivity (Wildman–Crippen MR) is 163 cm³/mol. The van der Waals surface area contributed by atoms with E-state index in [0.717, 1.165) is 23.9 Å². The second-order valence-corrected chi connectivity index (χ2v) is 11.0. The number of hydrogen-bond donors (Lipinski definition) is 3. The van der Waals surface area contributed by atoms with Crippen LogP contribution in [0, 0.1) is 29.1 Å². The summed E-state index contributed by atoms with van der Waals surface area (Å²) in [6.07, 6.45) is 1.24. The number of benzene rings is 4. The van der Waals surface area contributed by atoms with Crippen molar-refractivity contribution in [2.24, 2.45) is 0 Å². The Morgan fingerprint density at radius 1 is 0.822 bits per heavy atom. The first-order chi connectivity index (χ1) is 21.5. The average molecular weight is 660 g/mol. The van der Waals surface area contributed by atoms with Gasteiger partial charge in [-0.15, -0.1) is 11.8 Å². The van der Waals surface area contributed by atoms with Crippen molar-refractivity contribution in [2.75, 3.05) is 10.6 Å². The lowest BCUT2D eigenvalue weighted by atomic mass is 10.1. The molecular weight excluding hydrogens is 637 g/mol. The molecule has 0 saturated carbocycles. The van der Waals surface area contributed by atoms with E-state index in [-0.39, 0.29) is 40.0 Å². The summed E-state index contributed by atoms with van der Waals surface area (Å²) >= 11 is 7.09. The van der Waals surface area contributed by atoms with E-state index in [1.54, 1.807) is 37.3 Å². The van der Waals surface area contributed by atoms with Crippen molar-refractivity contribution in [3.63, 3.8) is 0 Å². The number of carbonyl (C=O) groups is 3. The number of halogens is 6. The Hall–Kier alpha value is -4.68. The van der Waals surface area contributed by atoms with Crippen molar-refractivity contribution in [1.29, 1.82) is 0 Å². The molecule has 4 aromatic rings. The van der Waals surface area contributed by atoms with E-state index in [1.165, 1.54) is 36.4 Å². The van der Waals surface area contributed by atoms with Crippen LogP contribution in [0.5, 0.6) is 0 Å². The lowest BCUT2D eigenvalue weighted by molar-refractivity contribution is -0.116. The zero-order valence-electron chi connectivity index (χ0n) is 23.3. The summed E-state index contributed by atoms with van der Waals surface area (Å²) < 4.78 is 69.9. The second kappa shape index (κ2) is 14.9. The summed E-state index contributed by atoms with van der Waals surface area (Å²) in [7, 11) is 0. The van der Waals surface area contributed by atoms with Crippen molar-refractivity contribution < 1.29 is 36.3 Å². The Labute approximate surface area is 263 Å². The topological polar surface area (TPSA) is 87.3 Å². The van der Waals surface area contributed by atoms with Crippen LogP contribution in [-0.2, 0) is 9.59 Å². The summed E-state index contributed by atoms with van der Waals surface area (Å²) in [6.45, 7) is 1.61. The van der Waals surface area contributed by atoms with Gasteiger partial charge in [0.2, 0.25) is 5.91 Å². The van der Waals surface area contributed by atoms with Crippen molar-refractivity contribution in [3.05, 3.63) is 130 Å². The Morgan fingerprint density at radius 2 is 1.49 bits per heavy atom. The fourth-order valence-corrected chi connectivity index (χ4v) is 5.18. The Morgan fingerprint density at radius 3 is 2.13 bits per heavy atom. The molecule has 3 N–H and O–H groups in total. The number of amides is 3. The molecule has 0 aromatic heterocycles. The molecular formula is C32H23ClF5N3O3S. The fourth-order valence-electron chi connectivity index (χ4n) is 3.95. The molecule has 3 amide bonds. The minimum atomic E-state index is -1.74. The maximum Gasteiger partial charge on any atom is 0.272 e. The molecule has 0 bridgehead atoms. The zero-order valence-corrected chi connectivity index (χ0v) is 24.8. The van der Waals surface area contributed by atoms with E-state index < -0.39 is 57.7 Å². The standard InChI is InChI=1S/C32H23ClF5N3O3S/c1-2-26(32(44)41-29-27(37)23(35)16-24(36)28(29)38)45-19-11-6-10-18(14-19)39-31(43)25(15-20-21(33)12-7-13-22(20)34)40-30(42)17-8-4-3-5-9-17/h3-16,26H,2H2,1H3,(H,39,43)(H,40,42)(H,41,44)/b25-15+. The van der Waals surface area contributed by atoms with Gasteiger partial charge in [-0.25, -0.2) is 22.0 Å². The number of carbonyl (C=O) groups excluding carboxylic acids is 3. The smallest absolute Gasteiger partial charge is 0.272 e. The molecule has 0 fully saturated rings. The number of nitrogens with one attached hydrogen (secondary N) is 3. The minimum Gasteiger partial charge on any atom is -0.321 e. The highest BCUT2D eigenvalue weighted by atomic mass is 35.5. The van der Waals surface area contributed by atoms with Crippen molar-refractivity contribution in [3.8, 4) is 0 Å². The molecule has 6 nitrogen and oxygen atoms in total. The fraction of sp³-hybridized carbons (Fsp3) is 0.0938. The summed E-state index contributed by atoms with van der Waals surface area (Å²) in [4.78, 5) is 39.5. The predicted octanol–water partition coefficient (Wildman–Crippen LogP) is 7.95. The normalized spacial score (nSPS) is 11.9. The minimum absolute atomic E-state index is 0.00252. The molecule has 13 heteroatoms. The Kier molecular flexibility index (Phi) is 11.0. The molecule has 0 aliphatic rings. The average Bonchev–Trinajstić information content (AvgIpc) is 3.02. The Balaban J connectivity index is 1.55. The van der Waals surface area contributed by atoms with Crippen molar-refractivity contribution in [2.45, 2.75) is 23.5 Å². The molecule has 0 heterocycles. The van der Waals surface area contributed by atoms with Crippen LogP contribution >= 0.6 is 23.4 Å². The SMILES string of the molecule is CCC(Sc1cccc(NC(=O)/C(=C\c2c(F)cccc2Cl)NC(=O)c2ccccc2)c1)C(=O)Nc1c(F)c(F)cc(F)c1F. The molecule has 0 aliphatic carbocycles. The highest BCUT2D eigenvalue weighted by Crippen LogP contribution is 2.31. The van der Waals surface area contributed by atoms with Crippen LogP contribution < -0.4 is 16.0 Å². The van der Waals surface area contributed by atoms with E-state index in [1.807, 2.05) is 5.32 Å². The van der Waals surface area contributed by atoms with E-state index in [2.05, 4.69) is 10.6 Å². The van der Waals surface area contributed by atoms with Gasteiger partial charge in [-0.3, -0.25) is 14.4 Å². The highest BCUT2D eigenvalue weighted by Gasteiger charge is 2.25. The largest absolute Gasteiger partial charge is 0.321 e. The molecule has 232 valence electrons. The van der Waals surface area contributed by atoms with Gasteiger partial charge in [-0.2, -0.15) is 0 Å². The molecule has 45 heavy (non-hydrogen) atoms. The molecule has 1 atom stereocenters. The highest BCUT2D eigenvalue weighted by molar-refractivity contribution is 8.00. The number of rotatable bonds is 10. The third-order valence-electron chi connectivity index (χ3n) is 6.21. The number of thioether (sulfide) groups is 1. The first-order valence-corrected chi connectivity index (χ1v) is 14.5. The summed E-state index contributed by atoms with van der Waals surface area (Å²) in [5.74, 6) is -9.95. The van der Waals surface area contributed by atoms with Crippen LogP contribution in [0.2, 0.25) is 5.02 Å². The van der Waals surface area contributed by atoms with Crippen molar-refractivity contribution >= 4 is 58.5 Å². The third kappa shape index (κ3) is 8.28. The van der Waals surface area contributed by atoms with Gasteiger partial charge in [0.1, 0.15) is 17.2 Å². The van der Waals surface area contributed by atoms with E-state index in [4.69, 9.17) is 11.6 Å². The summed E-state index contributed by atoms with van der Waals surface area (Å²) in [6, 6.07) is 18.1. The zero-order chi connectivity index (χ0) is 32.7. The van der Waals surface area contributed by atoms with Crippen LogP contribution in [0.25, 0.3) is 6.08 Å². The van der Waals surface area contributed by atoms with Gasteiger partial charge < -0.3 is 16.0 Å². The van der Waals surface area contributed by atoms with Crippen LogP contribution in [-0.4, -0.2) is 23.0 Å². The molecule has 4 rings (SSSR count). The molecule has 0 spiro atoms. The van der Waals surface area contributed by atoms with Crippen LogP contribution in [0.15, 0.2) is 89.5 Å². The first kappa shape index (κ1) is 33.2. The Bertz CT molecular complexity index is 1740. The van der Waals surface area contributed by atoms with Crippen LogP contribution in [0.4, 0.5) is 33.3 Å². The van der Waals surface area contributed by atoms with Gasteiger partial charge in [0, 0.05) is 27.8 Å². The van der Waals surface area contributed by atoms with E-state index in [0.29, 0.717) is 4.90 Å². The monoisotopic (exact) mass is 659 g/mol.